The first-order valence-corrected chi connectivity index (χ1v) is 11.0. The van der Waals surface area contributed by atoms with Gasteiger partial charge in [-0.15, -0.1) is 0 Å². The average Bonchev–Trinajstić information content (AvgIpc) is 3.51. The van der Waals surface area contributed by atoms with Crippen molar-refractivity contribution in [1.29, 1.82) is 0 Å². The monoisotopic (exact) mass is 428 g/mol. The van der Waals surface area contributed by atoms with E-state index in [-0.39, 0.29) is 5.92 Å². The van der Waals surface area contributed by atoms with Gasteiger partial charge in [0.25, 0.3) is 0 Å². The van der Waals surface area contributed by atoms with E-state index in [2.05, 4.69) is 59.0 Å². The fraction of sp³-hybridized carbons (Fsp3) is 0.565. The quantitative estimate of drug-likeness (QED) is 0.562. The number of rotatable bonds is 5. The Hall–Kier alpha value is -1.26. The lowest BCUT2D eigenvalue weighted by Crippen LogP contribution is -2.34. The molecule has 27 heavy (non-hydrogen) atoms. The maximum atomic E-state index is 13.0. The Balaban J connectivity index is 1.70. The molecule has 4 rings (SSSR count). The van der Waals surface area contributed by atoms with Crippen LogP contribution in [0.1, 0.15) is 67.3 Å². The van der Waals surface area contributed by atoms with Crippen molar-refractivity contribution < 1.29 is 4.79 Å². The first-order chi connectivity index (χ1) is 13.0. The third-order valence-electron chi connectivity index (χ3n) is 6.76. The highest BCUT2D eigenvalue weighted by atomic mass is 79.9. The maximum Gasteiger partial charge on any atom is 0.167 e. The smallest absolute Gasteiger partial charge is 0.167 e. The molecule has 1 heterocycles. The largest absolute Gasteiger partial charge is 0.306 e. The number of benzene rings is 1. The summed E-state index contributed by atoms with van der Waals surface area (Å²) < 4.78 is 1.06. The molecule has 2 aliphatic rings. The summed E-state index contributed by atoms with van der Waals surface area (Å²) in [6, 6.07) is 6.88. The van der Waals surface area contributed by atoms with Crippen LogP contribution in [-0.4, -0.2) is 35.8 Å². The highest BCUT2D eigenvalue weighted by Crippen LogP contribution is 2.43. The first-order valence-electron chi connectivity index (χ1n) is 10.2. The minimum atomic E-state index is 0.236. The fourth-order valence-electron chi connectivity index (χ4n) is 4.70. The molecule has 1 aromatic carbocycles. The zero-order valence-electron chi connectivity index (χ0n) is 16.5. The van der Waals surface area contributed by atoms with Gasteiger partial charge in [-0.05, 0) is 95.1 Å². The van der Waals surface area contributed by atoms with Crippen LogP contribution in [0.3, 0.4) is 0 Å². The summed E-state index contributed by atoms with van der Waals surface area (Å²) >= 11 is 3.62. The normalized spacial score (nSPS) is 24.3. The van der Waals surface area contributed by atoms with Gasteiger partial charge in [-0.1, -0.05) is 15.9 Å². The Morgan fingerprint density at radius 3 is 2.48 bits per heavy atom. The van der Waals surface area contributed by atoms with Crippen LogP contribution in [0.15, 0.2) is 28.9 Å². The van der Waals surface area contributed by atoms with Crippen molar-refractivity contribution in [1.82, 2.24) is 9.88 Å². The van der Waals surface area contributed by atoms with Crippen molar-refractivity contribution >= 4 is 32.6 Å². The number of pyridine rings is 1. The molecule has 1 atom stereocenters. The first kappa shape index (κ1) is 19.1. The second kappa shape index (κ2) is 7.63. The molecule has 0 aliphatic heterocycles. The van der Waals surface area contributed by atoms with Gasteiger partial charge in [0.2, 0.25) is 0 Å². The van der Waals surface area contributed by atoms with Crippen molar-refractivity contribution in [2.45, 2.75) is 57.4 Å². The number of hydrogen-bond acceptors (Lipinski definition) is 3. The molecule has 0 saturated heterocycles. The number of hydrogen-bond donors (Lipinski definition) is 0. The van der Waals surface area contributed by atoms with Crippen LogP contribution in [0.4, 0.5) is 0 Å². The molecular weight excluding hydrogens is 400 g/mol. The van der Waals surface area contributed by atoms with Gasteiger partial charge in [0.15, 0.2) is 5.78 Å². The van der Waals surface area contributed by atoms with Crippen molar-refractivity contribution in [3.05, 3.63) is 40.0 Å². The Labute approximate surface area is 170 Å². The van der Waals surface area contributed by atoms with E-state index in [9.17, 15) is 4.79 Å². The van der Waals surface area contributed by atoms with E-state index < -0.39 is 0 Å². The van der Waals surface area contributed by atoms with E-state index in [4.69, 9.17) is 0 Å². The molecule has 1 unspecified atom stereocenters. The molecule has 0 N–H and O–H groups in total. The van der Waals surface area contributed by atoms with Gasteiger partial charge in [0.05, 0.1) is 5.52 Å². The van der Waals surface area contributed by atoms with Gasteiger partial charge in [-0.3, -0.25) is 9.78 Å². The van der Waals surface area contributed by atoms with Crippen molar-refractivity contribution in [3.63, 3.8) is 0 Å². The molecule has 0 amide bonds. The molecule has 2 aromatic rings. The van der Waals surface area contributed by atoms with E-state index in [1.54, 1.807) is 0 Å². The van der Waals surface area contributed by atoms with Crippen molar-refractivity contribution in [2.24, 2.45) is 11.8 Å². The number of aromatic nitrogens is 1. The number of carbonyl (C=O) groups is 1. The Bertz CT molecular complexity index is 851. The van der Waals surface area contributed by atoms with Crippen LogP contribution < -0.4 is 0 Å². The van der Waals surface area contributed by atoms with Gasteiger partial charge in [-0.2, -0.15) is 0 Å². The second-order valence-electron chi connectivity index (χ2n) is 8.70. The zero-order chi connectivity index (χ0) is 19.1. The molecule has 2 aliphatic carbocycles. The number of halogens is 1. The predicted molar refractivity (Wildman–Crippen MR) is 114 cm³/mol. The van der Waals surface area contributed by atoms with Crippen molar-refractivity contribution in [3.8, 4) is 0 Å². The minimum absolute atomic E-state index is 0.236. The number of nitrogens with zero attached hydrogens (tertiary/aromatic N) is 2. The summed E-state index contributed by atoms with van der Waals surface area (Å²) in [6.45, 7) is 2.34. The second-order valence-corrected chi connectivity index (χ2v) is 9.62. The minimum Gasteiger partial charge on any atom is -0.306 e. The summed E-state index contributed by atoms with van der Waals surface area (Å²) in [5, 5.41) is 1.17. The third kappa shape index (κ3) is 3.84. The van der Waals surface area contributed by atoms with Crippen LogP contribution in [0.25, 0.3) is 10.9 Å². The number of fused-ring (bicyclic) bond motifs is 1. The van der Waals surface area contributed by atoms with E-state index >= 15 is 0 Å². The summed E-state index contributed by atoms with van der Waals surface area (Å²) in [5.74, 6) is 1.77. The van der Waals surface area contributed by atoms with E-state index in [1.807, 2.05) is 12.3 Å². The molecule has 1 aromatic heterocycles. The lowest BCUT2D eigenvalue weighted by Gasteiger charge is -2.36. The summed E-state index contributed by atoms with van der Waals surface area (Å²) in [6.07, 6.45) is 8.75. The Morgan fingerprint density at radius 1 is 1.15 bits per heavy atom. The van der Waals surface area contributed by atoms with Gasteiger partial charge in [0, 0.05) is 33.6 Å². The van der Waals surface area contributed by atoms with E-state index in [0.29, 0.717) is 17.7 Å². The molecule has 3 nitrogen and oxygen atoms in total. The third-order valence-corrected chi connectivity index (χ3v) is 7.26. The van der Waals surface area contributed by atoms with Gasteiger partial charge in [-0.25, -0.2) is 0 Å². The van der Waals surface area contributed by atoms with E-state index in [0.717, 1.165) is 34.3 Å². The number of Topliss-reactive ketones (excluding diaryl/α,β-unsaturated/α-hetero) is 1. The maximum absolute atomic E-state index is 13.0. The molecule has 0 radical (unpaired) electrons. The molecule has 0 bridgehead atoms. The highest BCUT2D eigenvalue weighted by Gasteiger charge is 2.35. The van der Waals surface area contributed by atoms with Gasteiger partial charge >= 0.3 is 0 Å². The standard InChI is InChI=1S/C23H29BrN2O/c1-14(26(2)3)15-4-6-16(7-5-15)22-19-12-18(24)10-11-21(19)25-13-20(22)23(27)17-8-9-17/h10-17H,4-9H2,1-3H3. The van der Waals surface area contributed by atoms with Crippen LogP contribution in [0.5, 0.6) is 0 Å². The lowest BCUT2D eigenvalue weighted by molar-refractivity contribution is 0.0965. The fourth-order valence-corrected chi connectivity index (χ4v) is 5.06. The van der Waals surface area contributed by atoms with Gasteiger partial charge in [0.1, 0.15) is 0 Å². The topological polar surface area (TPSA) is 33.2 Å². The highest BCUT2D eigenvalue weighted by molar-refractivity contribution is 9.10. The average molecular weight is 429 g/mol. The van der Waals surface area contributed by atoms with Crippen LogP contribution >= 0.6 is 15.9 Å². The number of carbonyl (C=O) groups excluding carboxylic acids is 1. The van der Waals surface area contributed by atoms with E-state index in [1.165, 1.54) is 36.6 Å². The summed E-state index contributed by atoms with van der Waals surface area (Å²) in [7, 11) is 4.36. The predicted octanol–water partition coefficient (Wildman–Crippen LogP) is 5.81. The zero-order valence-corrected chi connectivity index (χ0v) is 18.1. The molecule has 144 valence electrons. The van der Waals surface area contributed by atoms with Crippen molar-refractivity contribution in [2.75, 3.05) is 14.1 Å². The lowest BCUT2D eigenvalue weighted by atomic mass is 9.74. The Kier molecular flexibility index (Phi) is 5.39. The molecular formula is C23H29BrN2O. The SMILES string of the molecule is CC(C1CCC(c2c(C(=O)C3CC3)cnc3ccc(Br)cc23)CC1)N(C)C. The molecule has 4 heteroatoms. The summed E-state index contributed by atoms with van der Waals surface area (Å²) in [5.41, 5.74) is 3.17. The van der Waals surface area contributed by atoms with Crippen LogP contribution in [0, 0.1) is 11.8 Å². The van der Waals surface area contributed by atoms with Crippen LogP contribution in [0.2, 0.25) is 0 Å². The number of ketones is 1. The van der Waals surface area contributed by atoms with Gasteiger partial charge < -0.3 is 4.90 Å². The Morgan fingerprint density at radius 2 is 1.85 bits per heavy atom. The molecule has 0 spiro atoms. The molecule has 2 fully saturated rings. The summed E-state index contributed by atoms with van der Waals surface area (Å²) in [4.78, 5) is 20.0. The molecule has 2 saturated carbocycles. The van der Waals surface area contributed by atoms with Crippen LogP contribution in [-0.2, 0) is 0 Å².